The molecule has 0 atom stereocenters. The summed E-state index contributed by atoms with van der Waals surface area (Å²) in [4.78, 5) is 2.18. The summed E-state index contributed by atoms with van der Waals surface area (Å²) in [5.74, 6) is 0. The summed E-state index contributed by atoms with van der Waals surface area (Å²) in [7, 11) is -9.49. The van der Waals surface area contributed by atoms with Crippen molar-refractivity contribution < 1.29 is 25.9 Å². The Morgan fingerprint density at radius 3 is 2.00 bits per heavy atom. The van der Waals surface area contributed by atoms with Gasteiger partial charge in [0.25, 0.3) is 10.1 Å². The van der Waals surface area contributed by atoms with Crippen molar-refractivity contribution in [3.63, 3.8) is 0 Å². The van der Waals surface area contributed by atoms with Crippen LogP contribution >= 0.6 is 0 Å². The molecule has 0 bridgehead atoms. The van der Waals surface area contributed by atoms with E-state index in [-0.39, 0.29) is 0 Å². The van der Waals surface area contributed by atoms with Gasteiger partial charge >= 0.3 is 10.1 Å². The van der Waals surface area contributed by atoms with Crippen LogP contribution in [-0.2, 0) is 20.2 Å². The average Bonchev–Trinajstić information content (AvgIpc) is 2.01. The first kappa shape index (κ1) is 11.0. The number of pyridine rings is 1. The second-order valence-electron chi connectivity index (χ2n) is 2.26. The third-order valence-corrected chi connectivity index (χ3v) is 3.09. The lowest BCUT2D eigenvalue weighted by Gasteiger charge is -2.01. The molecule has 14 heavy (non-hydrogen) atoms. The molecule has 0 aliphatic carbocycles. The third kappa shape index (κ3) is 2.26. The molecule has 0 aromatic carbocycles. The lowest BCUT2D eigenvalue weighted by Crippen LogP contribution is -2.09. The monoisotopic (exact) mass is 239 g/mol. The van der Waals surface area contributed by atoms with E-state index in [0.717, 1.165) is 18.3 Å². The minimum absolute atomic E-state index is 0.811. The molecule has 0 radical (unpaired) electrons. The smallest absolute Gasteiger partial charge is 0.282 e. The quantitative estimate of drug-likeness (QED) is 0.671. The van der Waals surface area contributed by atoms with E-state index in [2.05, 4.69) is 4.98 Å². The maximum absolute atomic E-state index is 10.6. The number of rotatable bonds is 2. The molecule has 2 N–H and O–H groups in total. The van der Waals surface area contributed by atoms with Crippen molar-refractivity contribution in [3.05, 3.63) is 18.3 Å². The van der Waals surface area contributed by atoms with Gasteiger partial charge in [-0.05, 0) is 12.1 Å². The minimum atomic E-state index is -4.77. The van der Waals surface area contributed by atoms with Gasteiger partial charge in [0, 0.05) is 6.20 Å². The normalized spacial score (nSPS) is 12.7. The maximum atomic E-state index is 10.6. The van der Waals surface area contributed by atoms with Crippen LogP contribution in [-0.4, -0.2) is 30.9 Å². The molecule has 7 nitrogen and oxygen atoms in total. The summed E-state index contributed by atoms with van der Waals surface area (Å²) < 4.78 is 59.7. The van der Waals surface area contributed by atoms with Gasteiger partial charge in [0.15, 0.2) is 0 Å². The van der Waals surface area contributed by atoms with Gasteiger partial charge in [-0.3, -0.25) is 9.11 Å². The van der Waals surface area contributed by atoms with Crippen LogP contribution in [0.5, 0.6) is 0 Å². The van der Waals surface area contributed by atoms with Crippen LogP contribution in [0.15, 0.2) is 28.3 Å². The Balaban J connectivity index is 3.64. The highest BCUT2D eigenvalue weighted by Crippen LogP contribution is 2.16. The van der Waals surface area contributed by atoms with Crippen molar-refractivity contribution in [1.82, 2.24) is 4.98 Å². The Hall–Kier alpha value is -1.03. The Morgan fingerprint density at radius 1 is 1.07 bits per heavy atom. The molecule has 0 saturated heterocycles. The first-order chi connectivity index (χ1) is 6.23. The SMILES string of the molecule is O=S(=O)(O)c1cccnc1S(=O)(=O)O. The number of hydrogen-bond acceptors (Lipinski definition) is 5. The van der Waals surface area contributed by atoms with Crippen LogP contribution in [0, 0.1) is 0 Å². The molecule has 0 saturated carbocycles. The zero-order chi connectivity index (χ0) is 11.0. The Morgan fingerprint density at radius 2 is 1.64 bits per heavy atom. The highest BCUT2D eigenvalue weighted by molar-refractivity contribution is 7.89. The van der Waals surface area contributed by atoms with Gasteiger partial charge < -0.3 is 0 Å². The van der Waals surface area contributed by atoms with Gasteiger partial charge in [-0.2, -0.15) is 16.8 Å². The molecule has 9 heteroatoms. The first-order valence-electron chi connectivity index (χ1n) is 3.13. The summed E-state index contributed by atoms with van der Waals surface area (Å²) in [5, 5.41) is -1.09. The molecule has 1 aromatic rings. The molecule has 0 spiro atoms. The predicted molar refractivity (Wildman–Crippen MR) is 43.9 cm³/mol. The maximum Gasteiger partial charge on any atom is 0.313 e. The molecule has 78 valence electrons. The summed E-state index contributed by atoms with van der Waals surface area (Å²) >= 11 is 0. The second-order valence-corrected chi connectivity index (χ2v) is 4.98. The van der Waals surface area contributed by atoms with Gasteiger partial charge in [0.2, 0.25) is 5.03 Å². The molecule has 0 unspecified atom stereocenters. The largest absolute Gasteiger partial charge is 0.313 e. The van der Waals surface area contributed by atoms with Gasteiger partial charge in [-0.1, -0.05) is 0 Å². The fourth-order valence-electron chi connectivity index (χ4n) is 0.766. The number of nitrogens with zero attached hydrogens (tertiary/aromatic N) is 1. The zero-order valence-corrected chi connectivity index (χ0v) is 8.16. The van der Waals surface area contributed by atoms with Crippen molar-refractivity contribution in [2.45, 2.75) is 9.92 Å². The minimum Gasteiger partial charge on any atom is -0.282 e. The van der Waals surface area contributed by atoms with E-state index >= 15 is 0 Å². The molecular weight excluding hydrogens is 234 g/mol. The molecule has 0 aliphatic heterocycles. The summed E-state index contributed by atoms with van der Waals surface area (Å²) in [6.07, 6.45) is 0.970. The lowest BCUT2D eigenvalue weighted by atomic mass is 10.5. The lowest BCUT2D eigenvalue weighted by molar-refractivity contribution is 0.462. The number of aromatic nitrogens is 1. The van der Waals surface area contributed by atoms with E-state index in [1.165, 1.54) is 0 Å². The highest BCUT2D eigenvalue weighted by Gasteiger charge is 2.24. The first-order valence-corrected chi connectivity index (χ1v) is 6.01. The van der Waals surface area contributed by atoms with Crippen LogP contribution in [0.4, 0.5) is 0 Å². The van der Waals surface area contributed by atoms with Crippen LogP contribution in [0.25, 0.3) is 0 Å². The molecule has 1 aromatic heterocycles. The molecule has 0 fully saturated rings. The molecule has 1 rings (SSSR count). The average molecular weight is 239 g/mol. The summed E-state index contributed by atoms with van der Waals surface area (Å²) in [6.45, 7) is 0. The number of hydrogen-bond donors (Lipinski definition) is 2. The molecular formula is C5H5NO6S2. The van der Waals surface area contributed by atoms with Crippen LogP contribution in [0.3, 0.4) is 0 Å². The van der Waals surface area contributed by atoms with Crippen molar-refractivity contribution in [2.75, 3.05) is 0 Å². The fraction of sp³-hybridized carbons (Fsp3) is 0. The van der Waals surface area contributed by atoms with Crippen molar-refractivity contribution >= 4 is 20.2 Å². The predicted octanol–water partition coefficient (Wildman–Crippen LogP) is -0.425. The van der Waals surface area contributed by atoms with E-state index in [9.17, 15) is 16.8 Å². The van der Waals surface area contributed by atoms with Crippen LogP contribution in [0.2, 0.25) is 0 Å². The zero-order valence-electron chi connectivity index (χ0n) is 6.52. The van der Waals surface area contributed by atoms with E-state index in [4.69, 9.17) is 9.11 Å². The van der Waals surface area contributed by atoms with Crippen LogP contribution < -0.4 is 0 Å². The Kier molecular flexibility index (Phi) is 2.58. The Labute approximate surface area is 79.9 Å². The molecule has 1 heterocycles. The van der Waals surface area contributed by atoms with Crippen molar-refractivity contribution in [1.29, 1.82) is 0 Å². The second kappa shape index (κ2) is 3.28. The van der Waals surface area contributed by atoms with Gasteiger partial charge in [0.05, 0.1) is 0 Å². The standard InChI is InChI=1S/C5H5NO6S2/c7-13(8,9)4-2-1-3-6-5(4)14(10,11)12/h1-3H,(H,7,8,9)(H,10,11,12). The topological polar surface area (TPSA) is 122 Å². The van der Waals surface area contributed by atoms with Gasteiger partial charge in [-0.25, -0.2) is 4.98 Å². The molecule has 0 amide bonds. The van der Waals surface area contributed by atoms with Crippen molar-refractivity contribution in [2.24, 2.45) is 0 Å². The third-order valence-electron chi connectivity index (χ3n) is 1.26. The van der Waals surface area contributed by atoms with E-state index in [0.29, 0.717) is 0 Å². The van der Waals surface area contributed by atoms with Gasteiger partial charge in [-0.15, -0.1) is 0 Å². The highest BCUT2D eigenvalue weighted by atomic mass is 32.2. The summed E-state index contributed by atoms with van der Waals surface area (Å²) in [6, 6.07) is 1.92. The van der Waals surface area contributed by atoms with E-state index < -0.39 is 30.2 Å². The van der Waals surface area contributed by atoms with Gasteiger partial charge in [0.1, 0.15) is 4.90 Å². The fourth-order valence-corrected chi connectivity index (χ4v) is 2.44. The Bertz CT molecular complexity index is 494. The van der Waals surface area contributed by atoms with Crippen LogP contribution in [0.1, 0.15) is 0 Å². The van der Waals surface area contributed by atoms with E-state index in [1.807, 2.05) is 0 Å². The molecule has 0 aliphatic rings. The summed E-state index contributed by atoms with van der Waals surface area (Å²) in [5.41, 5.74) is 0. The van der Waals surface area contributed by atoms with Crippen molar-refractivity contribution in [3.8, 4) is 0 Å². The van der Waals surface area contributed by atoms with E-state index in [1.54, 1.807) is 0 Å².